The van der Waals surface area contributed by atoms with Gasteiger partial charge in [-0.3, -0.25) is 19.2 Å². The van der Waals surface area contributed by atoms with E-state index in [2.05, 4.69) is 20.9 Å². The minimum Gasteiger partial charge on any atom is -0.481 e. The molecule has 39 heavy (non-hydrogen) atoms. The summed E-state index contributed by atoms with van der Waals surface area (Å²) in [4.78, 5) is 64.7. The lowest BCUT2D eigenvalue weighted by Crippen LogP contribution is -2.58. The number of carbonyl (C=O) groups excluding carboxylic acids is 3. The molecule has 0 fully saturated rings. The van der Waals surface area contributed by atoms with E-state index in [0.29, 0.717) is 24.9 Å². The molecule has 2 aromatic rings. The molecule has 0 bridgehead atoms. The van der Waals surface area contributed by atoms with Crippen molar-refractivity contribution >= 4 is 40.6 Å². The minimum atomic E-state index is -1.36. The molecular weight excluding hydrogens is 508 g/mol. The van der Waals surface area contributed by atoms with Gasteiger partial charge in [0.05, 0.1) is 12.5 Å². The predicted molar refractivity (Wildman–Crippen MR) is 143 cm³/mol. The predicted octanol–water partition coefficient (Wildman–Crippen LogP) is -0.164. The van der Waals surface area contributed by atoms with Crippen LogP contribution >= 0.6 is 0 Å². The zero-order chi connectivity index (χ0) is 29.1. The summed E-state index contributed by atoms with van der Waals surface area (Å²) in [7, 11) is 0. The van der Waals surface area contributed by atoms with Crippen molar-refractivity contribution in [3.8, 4) is 0 Å². The first-order valence-corrected chi connectivity index (χ1v) is 12.8. The number of hydrogen-bond donors (Lipinski definition) is 8. The summed E-state index contributed by atoms with van der Waals surface area (Å²) in [6.45, 7) is 3.74. The first-order chi connectivity index (χ1) is 18.4. The molecule has 3 amide bonds. The van der Waals surface area contributed by atoms with Crippen LogP contribution in [0.1, 0.15) is 45.1 Å². The Kier molecular flexibility index (Phi) is 11.9. The van der Waals surface area contributed by atoms with Crippen LogP contribution in [0.15, 0.2) is 30.5 Å². The van der Waals surface area contributed by atoms with Crippen LogP contribution in [-0.4, -0.2) is 75.6 Å². The first kappa shape index (κ1) is 31.2. The van der Waals surface area contributed by atoms with Crippen LogP contribution < -0.4 is 27.4 Å². The number of carbonyl (C=O) groups is 5. The van der Waals surface area contributed by atoms with Crippen molar-refractivity contribution in [2.75, 3.05) is 6.54 Å². The van der Waals surface area contributed by atoms with E-state index in [1.165, 1.54) is 0 Å². The number of hydrogen-bond acceptors (Lipinski definition) is 7. The Morgan fingerprint density at radius 3 is 2.21 bits per heavy atom. The van der Waals surface area contributed by atoms with E-state index in [4.69, 9.17) is 16.6 Å². The second kappa shape index (κ2) is 14.8. The van der Waals surface area contributed by atoms with Crippen molar-refractivity contribution in [3.63, 3.8) is 0 Å². The summed E-state index contributed by atoms with van der Waals surface area (Å²) in [5.41, 5.74) is 12.7. The number of aromatic nitrogens is 1. The number of fused-ring (bicyclic) bond motifs is 1. The molecular formula is C26H38N6O7. The highest BCUT2D eigenvalue weighted by molar-refractivity contribution is 5.95. The Labute approximate surface area is 226 Å². The molecule has 0 aliphatic carbocycles. The largest absolute Gasteiger partial charge is 0.481 e. The lowest BCUT2D eigenvalue weighted by molar-refractivity contribution is -0.142. The smallest absolute Gasteiger partial charge is 0.326 e. The van der Waals surface area contributed by atoms with Gasteiger partial charge in [0.1, 0.15) is 18.1 Å². The van der Waals surface area contributed by atoms with Crippen molar-refractivity contribution in [2.45, 2.75) is 70.1 Å². The maximum Gasteiger partial charge on any atom is 0.326 e. The lowest BCUT2D eigenvalue weighted by atomic mass is 10.00. The molecule has 0 spiro atoms. The molecule has 1 aromatic carbocycles. The van der Waals surface area contributed by atoms with E-state index in [1.54, 1.807) is 20.0 Å². The van der Waals surface area contributed by atoms with Crippen LogP contribution in [0, 0.1) is 5.92 Å². The fourth-order valence-corrected chi connectivity index (χ4v) is 4.09. The van der Waals surface area contributed by atoms with Gasteiger partial charge >= 0.3 is 11.9 Å². The van der Waals surface area contributed by atoms with E-state index in [1.807, 2.05) is 24.3 Å². The monoisotopic (exact) mass is 546 g/mol. The van der Waals surface area contributed by atoms with Crippen molar-refractivity contribution in [1.29, 1.82) is 0 Å². The van der Waals surface area contributed by atoms with Crippen LogP contribution in [0.5, 0.6) is 0 Å². The van der Waals surface area contributed by atoms with E-state index in [0.717, 1.165) is 10.9 Å². The zero-order valence-electron chi connectivity index (χ0n) is 22.1. The summed E-state index contributed by atoms with van der Waals surface area (Å²) in [5, 5.41) is 27.1. The van der Waals surface area contributed by atoms with Crippen LogP contribution in [0.25, 0.3) is 10.9 Å². The molecule has 2 rings (SSSR count). The van der Waals surface area contributed by atoms with Gasteiger partial charge in [0.2, 0.25) is 17.7 Å². The maximum atomic E-state index is 13.2. The van der Waals surface area contributed by atoms with Crippen LogP contribution in [0.4, 0.5) is 0 Å². The molecule has 0 radical (unpaired) electrons. The minimum absolute atomic E-state index is 0.0169. The molecule has 4 atom stereocenters. The molecule has 10 N–H and O–H groups in total. The fraction of sp³-hybridized carbons (Fsp3) is 0.500. The molecule has 4 unspecified atom stereocenters. The molecule has 13 nitrogen and oxygen atoms in total. The molecule has 13 heteroatoms. The molecule has 0 aliphatic heterocycles. The number of aromatic amines is 1. The van der Waals surface area contributed by atoms with Gasteiger partial charge in [-0.15, -0.1) is 0 Å². The van der Waals surface area contributed by atoms with Gasteiger partial charge in [-0.25, -0.2) is 4.79 Å². The van der Waals surface area contributed by atoms with Gasteiger partial charge in [-0.05, 0) is 43.4 Å². The molecule has 214 valence electrons. The van der Waals surface area contributed by atoms with Crippen molar-refractivity contribution in [2.24, 2.45) is 17.4 Å². The van der Waals surface area contributed by atoms with Crippen LogP contribution in [0.2, 0.25) is 0 Å². The number of carboxylic acid groups (broad SMARTS) is 2. The number of rotatable bonds is 16. The highest BCUT2D eigenvalue weighted by Crippen LogP contribution is 2.19. The van der Waals surface area contributed by atoms with E-state index in [9.17, 15) is 29.1 Å². The maximum absolute atomic E-state index is 13.2. The Hall–Kier alpha value is -3.97. The first-order valence-electron chi connectivity index (χ1n) is 12.8. The highest BCUT2D eigenvalue weighted by Gasteiger charge is 2.32. The van der Waals surface area contributed by atoms with Gasteiger partial charge in [0, 0.05) is 23.5 Å². The number of nitrogens with one attached hydrogen (secondary N) is 4. The molecule has 1 heterocycles. The van der Waals surface area contributed by atoms with Crippen molar-refractivity contribution < 1.29 is 34.2 Å². The Balaban J connectivity index is 2.14. The van der Waals surface area contributed by atoms with Gasteiger partial charge < -0.3 is 42.6 Å². The number of carboxylic acids is 2. The average molecular weight is 547 g/mol. The number of nitrogens with two attached hydrogens (primary N) is 2. The van der Waals surface area contributed by atoms with E-state index in [-0.39, 0.29) is 12.8 Å². The van der Waals surface area contributed by atoms with Gasteiger partial charge in [-0.2, -0.15) is 0 Å². The summed E-state index contributed by atoms with van der Waals surface area (Å²) in [6, 6.07) is 2.55. The van der Waals surface area contributed by atoms with E-state index >= 15 is 0 Å². The molecule has 0 saturated heterocycles. The number of amides is 3. The second-order valence-corrected chi connectivity index (χ2v) is 9.74. The molecule has 1 aromatic heterocycles. The number of aliphatic carboxylic acids is 2. The number of unbranched alkanes of at least 4 members (excludes halogenated alkanes) is 1. The van der Waals surface area contributed by atoms with Crippen LogP contribution in [0.3, 0.4) is 0 Å². The fourth-order valence-electron chi connectivity index (χ4n) is 4.09. The normalized spacial score (nSPS) is 14.3. The second-order valence-electron chi connectivity index (χ2n) is 9.74. The third-order valence-electron chi connectivity index (χ3n) is 6.27. The topological polar surface area (TPSA) is 230 Å². The highest BCUT2D eigenvalue weighted by atomic mass is 16.4. The number of H-pyrrole nitrogens is 1. The number of benzene rings is 1. The lowest BCUT2D eigenvalue weighted by Gasteiger charge is -2.27. The third-order valence-corrected chi connectivity index (χ3v) is 6.27. The Morgan fingerprint density at radius 1 is 0.923 bits per heavy atom. The molecule has 0 aliphatic rings. The number of para-hydroxylation sites is 1. The van der Waals surface area contributed by atoms with Gasteiger partial charge in [0.15, 0.2) is 0 Å². The standard InChI is InChI=1S/C26H38N6O7/c1-14(2)22(32-24(36)19(9-5-6-10-27)30-23(35)17(28)12-21(33)34)25(37)31-20(26(38)39)11-15-13-29-18-8-4-3-7-16(15)18/h3-4,7-8,13-14,17,19-20,22,29H,5-6,9-12,27-28H2,1-2H3,(H,30,35)(H,31,37)(H,32,36)(H,33,34)(H,38,39). The SMILES string of the molecule is CC(C)C(NC(=O)C(CCCCN)NC(=O)C(N)CC(=O)O)C(=O)NC(Cc1c[nH]c2ccccc12)C(=O)O. The Morgan fingerprint density at radius 2 is 1.59 bits per heavy atom. The summed E-state index contributed by atoms with van der Waals surface area (Å²) >= 11 is 0. The van der Waals surface area contributed by atoms with Crippen LogP contribution in [-0.2, 0) is 30.4 Å². The zero-order valence-corrected chi connectivity index (χ0v) is 22.1. The molecule has 0 saturated carbocycles. The summed E-state index contributed by atoms with van der Waals surface area (Å²) < 4.78 is 0. The quantitative estimate of drug-likeness (QED) is 0.131. The third kappa shape index (κ3) is 9.37. The summed E-state index contributed by atoms with van der Waals surface area (Å²) in [5.74, 6) is -5.12. The van der Waals surface area contributed by atoms with Gasteiger partial charge in [0.25, 0.3) is 0 Å². The van der Waals surface area contributed by atoms with Gasteiger partial charge in [-0.1, -0.05) is 32.0 Å². The van der Waals surface area contributed by atoms with Crippen molar-refractivity contribution in [3.05, 3.63) is 36.0 Å². The average Bonchev–Trinajstić information content (AvgIpc) is 3.28. The Bertz CT molecular complexity index is 1160. The summed E-state index contributed by atoms with van der Waals surface area (Å²) in [6.07, 6.45) is 2.32. The van der Waals surface area contributed by atoms with Crippen molar-refractivity contribution in [1.82, 2.24) is 20.9 Å². The van der Waals surface area contributed by atoms with E-state index < -0.39 is 66.2 Å².